The van der Waals surface area contributed by atoms with Gasteiger partial charge in [-0.15, -0.1) is 0 Å². The Hall–Kier alpha value is -3.16. The highest BCUT2D eigenvalue weighted by Gasteiger charge is 2.29. The van der Waals surface area contributed by atoms with Crippen molar-refractivity contribution in [3.05, 3.63) is 95.1 Å². The summed E-state index contributed by atoms with van der Waals surface area (Å²) in [7, 11) is -3.61. The molecule has 0 amide bonds. The van der Waals surface area contributed by atoms with Crippen LogP contribution in [0.4, 0.5) is 5.69 Å². The zero-order valence-electron chi connectivity index (χ0n) is 15.8. The van der Waals surface area contributed by atoms with Gasteiger partial charge in [-0.3, -0.25) is 0 Å². The molecule has 0 radical (unpaired) electrons. The fourth-order valence-corrected chi connectivity index (χ4v) is 4.53. The lowest BCUT2D eigenvalue weighted by Gasteiger charge is -2.28. The Morgan fingerprint density at radius 3 is 2.52 bits per heavy atom. The predicted octanol–water partition coefficient (Wildman–Crippen LogP) is 3.75. The van der Waals surface area contributed by atoms with E-state index >= 15 is 0 Å². The smallest absolute Gasteiger partial charge is 0.338 e. The van der Waals surface area contributed by atoms with Gasteiger partial charge in [0.25, 0.3) is 0 Å². The molecule has 1 atom stereocenters. The molecule has 6 nitrogen and oxygen atoms in total. The molecule has 4 rings (SSSR count). The lowest BCUT2D eigenvalue weighted by Crippen LogP contribution is -2.38. The molecular formula is C22H20N2O4S. The molecule has 1 heterocycles. The first-order chi connectivity index (χ1) is 13.9. The first-order valence-electron chi connectivity index (χ1n) is 9.13. The Morgan fingerprint density at radius 2 is 1.76 bits per heavy atom. The van der Waals surface area contributed by atoms with E-state index in [1.165, 1.54) is 0 Å². The molecule has 0 saturated heterocycles. The van der Waals surface area contributed by atoms with Crippen LogP contribution in [0, 0.1) is 6.92 Å². The highest BCUT2D eigenvalue weighted by molar-refractivity contribution is 7.89. The number of esters is 1. The van der Waals surface area contributed by atoms with Crippen molar-refractivity contribution in [3.8, 4) is 0 Å². The summed E-state index contributed by atoms with van der Waals surface area (Å²) in [4.78, 5) is 12.5. The third-order valence-corrected chi connectivity index (χ3v) is 6.16. The molecule has 148 valence electrons. The van der Waals surface area contributed by atoms with Crippen molar-refractivity contribution in [2.24, 2.45) is 0 Å². The summed E-state index contributed by atoms with van der Waals surface area (Å²) in [6.07, 6.45) is -0.618. The van der Waals surface area contributed by atoms with Crippen molar-refractivity contribution in [2.75, 3.05) is 5.32 Å². The van der Waals surface area contributed by atoms with Crippen LogP contribution in [0.25, 0.3) is 0 Å². The van der Waals surface area contributed by atoms with Crippen molar-refractivity contribution >= 4 is 21.7 Å². The second-order valence-corrected chi connectivity index (χ2v) is 8.56. The minimum Gasteiger partial charge on any atom is -0.457 e. The molecule has 7 heteroatoms. The van der Waals surface area contributed by atoms with Gasteiger partial charge >= 0.3 is 5.97 Å². The molecule has 3 aromatic carbocycles. The lowest BCUT2D eigenvalue weighted by molar-refractivity contribution is 0.0472. The summed E-state index contributed by atoms with van der Waals surface area (Å²) >= 11 is 0. The average Bonchev–Trinajstić information content (AvgIpc) is 2.72. The van der Waals surface area contributed by atoms with Crippen LogP contribution < -0.4 is 10.0 Å². The number of carbonyl (C=O) groups excluding carboxylic acids is 1. The number of anilines is 1. The van der Waals surface area contributed by atoms with Gasteiger partial charge in [0.05, 0.1) is 11.3 Å². The monoisotopic (exact) mass is 408 g/mol. The molecule has 0 saturated carbocycles. The summed E-state index contributed by atoms with van der Waals surface area (Å²) in [5.41, 5.74) is 3.66. The summed E-state index contributed by atoms with van der Waals surface area (Å²) < 4.78 is 32.9. The third-order valence-electron chi connectivity index (χ3n) is 4.68. The van der Waals surface area contributed by atoms with E-state index in [-0.39, 0.29) is 11.5 Å². The van der Waals surface area contributed by atoms with E-state index in [0.29, 0.717) is 16.8 Å². The van der Waals surface area contributed by atoms with Gasteiger partial charge < -0.3 is 10.1 Å². The maximum Gasteiger partial charge on any atom is 0.338 e. The highest BCUT2D eigenvalue weighted by atomic mass is 32.2. The van der Waals surface area contributed by atoms with Crippen molar-refractivity contribution < 1.29 is 17.9 Å². The SMILES string of the molecule is Cc1cccc(COC(=O)c2ccc(C3Nc4ccccc4S(=O)(=O)N3)cc2)c1. The van der Waals surface area contributed by atoms with E-state index < -0.39 is 22.2 Å². The van der Waals surface area contributed by atoms with Gasteiger partial charge in [0.15, 0.2) is 0 Å². The van der Waals surface area contributed by atoms with Crippen molar-refractivity contribution in [3.63, 3.8) is 0 Å². The summed E-state index contributed by atoms with van der Waals surface area (Å²) in [6, 6.07) is 21.2. The molecule has 2 N–H and O–H groups in total. The minimum atomic E-state index is -3.61. The number of hydrogen-bond acceptors (Lipinski definition) is 5. The van der Waals surface area contributed by atoms with Crippen LogP contribution >= 0.6 is 0 Å². The average molecular weight is 408 g/mol. The molecule has 3 aromatic rings. The largest absolute Gasteiger partial charge is 0.457 e. The molecule has 1 aliphatic rings. The number of ether oxygens (including phenoxy) is 1. The van der Waals surface area contributed by atoms with Gasteiger partial charge in [0.1, 0.15) is 17.7 Å². The minimum absolute atomic E-state index is 0.197. The lowest BCUT2D eigenvalue weighted by atomic mass is 10.1. The van der Waals surface area contributed by atoms with Crippen LogP contribution in [0.1, 0.15) is 33.2 Å². The molecule has 0 aliphatic carbocycles. The van der Waals surface area contributed by atoms with Gasteiger partial charge in [-0.1, -0.05) is 54.1 Å². The van der Waals surface area contributed by atoms with Crippen LogP contribution in [-0.2, 0) is 21.4 Å². The van der Waals surface area contributed by atoms with Crippen molar-refractivity contribution in [1.82, 2.24) is 4.72 Å². The first-order valence-corrected chi connectivity index (χ1v) is 10.6. The van der Waals surface area contributed by atoms with Gasteiger partial charge in [0, 0.05) is 0 Å². The molecule has 0 spiro atoms. The van der Waals surface area contributed by atoms with Gasteiger partial charge in [0.2, 0.25) is 10.0 Å². The van der Waals surface area contributed by atoms with Crippen LogP contribution in [0.2, 0.25) is 0 Å². The number of benzene rings is 3. The highest BCUT2D eigenvalue weighted by Crippen LogP contribution is 2.30. The second-order valence-electron chi connectivity index (χ2n) is 6.88. The Balaban J connectivity index is 1.46. The predicted molar refractivity (Wildman–Crippen MR) is 110 cm³/mol. The number of rotatable bonds is 4. The Bertz CT molecular complexity index is 1160. The molecule has 1 unspecified atom stereocenters. The van der Waals surface area contributed by atoms with E-state index in [1.807, 2.05) is 31.2 Å². The number of para-hydroxylation sites is 1. The topological polar surface area (TPSA) is 84.5 Å². The Labute approximate surface area is 169 Å². The van der Waals surface area contributed by atoms with E-state index in [2.05, 4.69) is 10.0 Å². The fraction of sp³-hybridized carbons (Fsp3) is 0.136. The summed E-state index contributed by atoms with van der Waals surface area (Å²) in [6.45, 7) is 2.18. The van der Waals surface area contributed by atoms with Crippen LogP contribution in [0.3, 0.4) is 0 Å². The quantitative estimate of drug-likeness (QED) is 0.642. The Kier molecular flexibility index (Phi) is 5.08. The van der Waals surface area contributed by atoms with E-state index in [4.69, 9.17) is 4.74 Å². The van der Waals surface area contributed by atoms with Crippen molar-refractivity contribution in [1.29, 1.82) is 0 Å². The van der Waals surface area contributed by atoms with Gasteiger partial charge in [-0.05, 0) is 42.3 Å². The number of fused-ring (bicyclic) bond motifs is 1. The summed E-state index contributed by atoms with van der Waals surface area (Å²) in [5.74, 6) is -0.430. The summed E-state index contributed by atoms with van der Waals surface area (Å²) in [5, 5.41) is 3.16. The van der Waals surface area contributed by atoms with Crippen molar-refractivity contribution in [2.45, 2.75) is 24.6 Å². The fourth-order valence-electron chi connectivity index (χ4n) is 3.22. The maximum absolute atomic E-state index is 12.5. The van der Waals surface area contributed by atoms with Crippen LogP contribution in [0.15, 0.2) is 77.7 Å². The molecule has 29 heavy (non-hydrogen) atoms. The first kappa shape index (κ1) is 19.2. The van der Waals surface area contributed by atoms with Gasteiger partial charge in [-0.2, -0.15) is 4.72 Å². The molecule has 0 aromatic heterocycles. The molecule has 1 aliphatic heterocycles. The number of nitrogens with one attached hydrogen (secondary N) is 2. The molecule has 0 fully saturated rings. The molecular weight excluding hydrogens is 388 g/mol. The third kappa shape index (κ3) is 4.16. The van der Waals surface area contributed by atoms with Crippen LogP contribution in [-0.4, -0.2) is 14.4 Å². The second kappa shape index (κ2) is 7.69. The normalized spacial score (nSPS) is 17.1. The standard InChI is InChI=1S/C22H20N2O4S/c1-15-5-4-6-16(13-15)14-28-22(25)18-11-9-17(10-12-18)21-23-19-7-2-3-8-20(19)29(26,27)24-21/h2-13,21,23-24H,14H2,1H3. The van der Waals surface area contributed by atoms with E-state index in [1.54, 1.807) is 48.5 Å². The van der Waals surface area contributed by atoms with E-state index in [0.717, 1.165) is 11.1 Å². The number of carbonyl (C=O) groups is 1. The zero-order valence-corrected chi connectivity index (χ0v) is 16.6. The van der Waals surface area contributed by atoms with Crippen LogP contribution in [0.5, 0.6) is 0 Å². The number of hydrogen-bond donors (Lipinski definition) is 2. The number of sulfonamides is 1. The van der Waals surface area contributed by atoms with Gasteiger partial charge in [-0.25, -0.2) is 13.2 Å². The maximum atomic E-state index is 12.5. The number of aryl methyl sites for hydroxylation is 1. The Morgan fingerprint density at radius 1 is 1.00 bits per heavy atom. The molecule has 0 bridgehead atoms. The van der Waals surface area contributed by atoms with E-state index in [9.17, 15) is 13.2 Å². The zero-order chi connectivity index (χ0) is 20.4.